The Morgan fingerprint density at radius 1 is 0.739 bits per heavy atom. The molecule has 1 N–H and O–H groups in total. The van der Waals surface area contributed by atoms with Crippen molar-refractivity contribution in [2.75, 3.05) is 26.2 Å². The number of aromatic nitrogens is 2. The first kappa shape index (κ1) is 29.8. The number of aryl methyl sites for hydroxylation is 4. The number of halogens is 3. The number of nitrogens with zero attached hydrogens (tertiary/aromatic N) is 3. The summed E-state index contributed by atoms with van der Waals surface area (Å²) in [6, 6.07) is 19.2. The maximum absolute atomic E-state index is 13.1. The molecule has 6 aliphatic heterocycles. The average Bonchev–Trinajstić information content (AvgIpc) is 3.23. The molecular weight excluding hydrogens is 581 g/mol. The molecule has 240 valence electrons. The molecule has 3 aromatic carbocycles. The lowest BCUT2D eigenvalue weighted by Crippen LogP contribution is -2.29. The molecule has 46 heavy (non-hydrogen) atoms. The van der Waals surface area contributed by atoms with Gasteiger partial charge in [-0.2, -0.15) is 13.2 Å². The quantitative estimate of drug-likeness (QED) is 0.217. The lowest BCUT2D eigenvalue weighted by molar-refractivity contribution is -0.137. The summed E-state index contributed by atoms with van der Waals surface area (Å²) in [6.45, 7) is 12.0. The lowest BCUT2D eigenvalue weighted by atomic mass is 9.94. The minimum atomic E-state index is -4.29. The van der Waals surface area contributed by atoms with Crippen molar-refractivity contribution in [3.63, 3.8) is 0 Å². The Morgan fingerprint density at radius 2 is 1.39 bits per heavy atom. The van der Waals surface area contributed by atoms with E-state index in [1.165, 1.54) is 101 Å². The van der Waals surface area contributed by atoms with Crippen molar-refractivity contribution in [3.8, 4) is 0 Å². The Morgan fingerprint density at radius 3 is 2.11 bits per heavy atom. The van der Waals surface area contributed by atoms with Crippen molar-refractivity contribution in [3.05, 3.63) is 105 Å². The third-order valence-corrected chi connectivity index (χ3v) is 11.1. The molecule has 2 aromatic heterocycles. The van der Waals surface area contributed by atoms with E-state index in [2.05, 4.69) is 69.6 Å². The van der Waals surface area contributed by atoms with Crippen LogP contribution in [-0.2, 0) is 32.2 Å². The summed E-state index contributed by atoms with van der Waals surface area (Å²) in [7, 11) is 0. The first-order valence-corrected chi connectivity index (χ1v) is 17.0. The number of H-pyrrole nitrogens is 1. The van der Waals surface area contributed by atoms with Crippen molar-refractivity contribution < 1.29 is 13.2 Å². The Kier molecular flexibility index (Phi) is 7.52. The highest BCUT2D eigenvalue weighted by Crippen LogP contribution is 2.42. The Hall–Kier alpha value is -3.55. The van der Waals surface area contributed by atoms with Gasteiger partial charge in [-0.05, 0) is 119 Å². The molecule has 4 bridgehead atoms. The van der Waals surface area contributed by atoms with Gasteiger partial charge >= 0.3 is 6.18 Å². The van der Waals surface area contributed by atoms with Gasteiger partial charge in [-0.1, -0.05) is 41.5 Å². The van der Waals surface area contributed by atoms with E-state index in [1.807, 2.05) is 0 Å². The average molecular weight is 625 g/mol. The molecule has 2 fully saturated rings. The van der Waals surface area contributed by atoms with Gasteiger partial charge in [0.05, 0.1) is 5.56 Å². The van der Waals surface area contributed by atoms with Crippen molar-refractivity contribution in [1.82, 2.24) is 19.4 Å². The van der Waals surface area contributed by atoms with Crippen LogP contribution in [0.1, 0.15) is 82.3 Å². The third-order valence-electron chi connectivity index (χ3n) is 11.1. The number of hydrogen-bond donors (Lipinski definition) is 1. The Labute approximate surface area is 269 Å². The van der Waals surface area contributed by atoms with Crippen molar-refractivity contribution in [2.24, 2.45) is 0 Å². The zero-order valence-electron chi connectivity index (χ0n) is 26.9. The molecule has 0 aliphatic carbocycles. The second-order valence-corrected chi connectivity index (χ2v) is 14.2. The third kappa shape index (κ3) is 5.45. The molecule has 0 saturated carbocycles. The van der Waals surface area contributed by atoms with Gasteiger partial charge in [0, 0.05) is 64.7 Å². The normalized spacial score (nSPS) is 23.5. The van der Waals surface area contributed by atoms with E-state index < -0.39 is 11.7 Å². The zero-order valence-corrected chi connectivity index (χ0v) is 26.9. The topological polar surface area (TPSA) is 27.2 Å². The summed E-state index contributed by atoms with van der Waals surface area (Å²) in [5, 5.41) is 2.78. The fraction of sp³-hybridized carbons (Fsp3) is 0.436. The molecule has 8 heterocycles. The summed E-state index contributed by atoms with van der Waals surface area (Å²) in [4.78, 5) is 8.84. The first-order chi connectivity index (χ1) is 22.2. The second kappa shape index (κ2) is 11.6. The molecule has 0 radical (unpaired) electrons. The van der Waals surface area contributed by atoms with Gasteiger partial charge in [0.2, 0.25) is 0 Å². The smallest absolute Gasteiger partial charge is 0.358 e. The number of nitrogens with one attached hydrogen (secondary N) is 1. The van der Waals surface area contributed by atoms with Crippen LogP contribution in [0.25, 0.3) is 21.8 Å². The van der Waals surface area contributed by atoms with E-state index in [0.717, 1.165) is 43.7 Å². The minimum Gasteiger partial charge on any atom is -0.358 e. The van der Waals surface area contributed by atoms with Crippen molar-refractivity contribution in [1.29, 1.82) is 0 Å². The monoisotopic (exact) mass is 624 g/mol. The number of benzene rings is 3. The van der Waals surface area contributed by atoms with Crippen LogP contribution >= 0.6 is 0 Å². The molecule has 0 spiro atoms. The van der Waals surface area contributed by atoms with E-state index in [9.17, 15) is 13.2 Å². The molecule has 0 unspecified atom stereocenters. The number of piperidine rings is 2. The minimum absolute atomic E-state index is 0.554. The summed E-state index contributed by atoms with van der Waals surface area (Å²) in [5.41, 5.74) is 11.3. The number of aromatic amines is 1. The standard InChI is InChI=1S/C24H25F3N2.C15H18N2/c1-16-5-6-22-20(13-16)21-15-28-10-8-18(9-11-28)23(21)29(22)12-7-17-3-2-4-19(14-17)24(25,26)27;1-10-2-3-14-12(8-10)13-9-17-6-4-11(5-7-17)15(13)16-14/h2-6,13-14,18H,7-12,15H2,1H3;2-3,8,11,16H,4-7,9H2,1H3. The summed E-state index contributed by atoms with van der Waals surface area (Å²) < 4.78 is 41.7. The van der Waals surface area contributed by atoms with Gasteiger partial charge < -0.3 is 9.55 Å². The fourth-order valence-electron chi connectivity index (χ4n) is 8.67. The molecule has 4 nitrogen and oxygen atoms in total. The van der Waals surface area contributed by atoms with E-state index in [0.29, 0.717) is 18.9 Å². The molecule has 7 heteroatoms. The highest BCUT2D eigenvalue weighted by atomic mass is 19.4. The zero-order chi connectivity index (χ0) is 31.6. The maximum Gasteiger partial charge on any atom is 0.416 e. The molecule has 11 rings (SSSR count). The maximum atomic E-state index is 13.1. The predicted molar refractivity (Wildman–Crippen MR) is 179 cm³/mol. The van der Waals surface area contributed by atoms with Gasteiger partial charge in [0.15, 0.2) is 0 Å². The Balaban J connectivity index is 0.000000155. The lowest BCUT2D eigenvalue weighted by Gasteiger charge is -2.27. The number of hydrogen-bond acceptors (Lipinski definition) is 2. The van der Waals surface area contributed by atoms with Gasteiger partial charge in [-0.15, -0.1) is 0 Å². The van der Waals surface area contributed by atoms with Gasteiger partial charge in [-0.25, -0.2) is 0 Å². The van der Waals surface area contributed by atoms with Crippen LogP contribution in [0.4, 0.5) is 13.2 Å². The van der Waals surface area contributed by atoms with Gasteiger partial charge in [0.25, 0.3) is 0 Å². The van der Waals surface area contributed by atoms with Crippen LogP contribution in [0.5, 0.6) is 0 Å². The van der Waals surface area contributed by atoms with Crippen LogP contribution in [0.15, 0.2) is 60.7 Å². The number of rotatable bonds is 3. The molecule has 0 atom stereocenters. The number of alkyl halides is 3. The van der Waals surface area contributed by atoms with E-state index in [-0.39, 0.29) is 0 Å². The Bertz CT molecular complexity index is 1900. The van der Waals surface area contributed by atoms with Gasteiger partial charge in [-0.3, -0.25) is 9.80 Å². The van der Waals surface area contributed by atoms with Crippen LogP contribution in [0.3, 0.4) is 0 Å². The predicted octanol–water partition coefficient (Wildman–Crippen LogP) is 9.07. The van der Waals surface area contributed by atoms with Crippen molar-refractivity contribution in [2.45, 2.75) is 83.6 Å². The molecule has 0 amide bonds. The summed E-state index contributed by atoms with van der Waals surface area (Å²) in [6.07, 6.45) is 1.32. The second-order valence-electron chi connectivity index (χ2n) is 14.2. The van der Waals surface area contributed by atoms with E-state index in [1.54, 1.807) is 11.6 Å². The van der Waals surface area contributed by atoms with Crippen LogP contribution in [0, 0.1) is 13.8 Å². The molecular formula is C39H43F3N4. The first-order valence-electron chi connectivity index (χ1n) is 17.0. The highest BCUT2D eigenvalue weighted by Gasteiger charge is 2.34. The molecule has 5 aromatic rings. The SMILES string of the molecule is Cc1ccc2[nH]c3c(c2c1)CN1CCC3CC1.Cc1ccc2c(c1)c1c(n2CCc2cccc(C(F)(F)F)c2)C2CCN(CC2)C1. The highest BCUT2D eigenvalue weighted by molar-refractivity contribution is 5.87. The molecule has 6 aliphatic rings. The number of fused-ring (bicyclic) bond motifs is 6. The van der Waals surface area contributed by atoms with E-state index >= 15 is 0 Å². The molecule has 2 saturated heterocycles. The van der Waals surface area contributed by atoms with Crippen LogP contribution in [0.2, 0.25) is 0 Å². The van der Waals surface area contributed by atoms with Crippen LogP contribution < -0.4 is 0 Å². The van der Waals surface area contributed by atoms with E-state index in [4.69, 9.17) is 0 Å². The van der Waals surface area contributed by atoms with Crippen LogP contribution in [-0.4, -0.2) is 45.5 Å². The summed E-state index contributed by atoms with van der Waals surface area (Å²) >= 11 is 0. The van der Waals surface area contributed by atoms with Gasteiger partial charge in [0.1, 0.15) is 0 Å². The van der Waals surface area contributed by atoms with Crippen molar-refractivity contribution >= 4 is 21.8 Å². The fourth-order valence-corrected chi connectivity index (χ4v) is 8.67. The summed E-state index contributed by atoms with van der Waals surface area (Å²) in [5.74, 6) is 1.33. The largest absolute Gasteiger partial charge is 0.416 e.